The predicted molar refractivity (Wildman–Crippen MR) is 114 cm³/mol. The van der Waals surface area contributed by atoms with E-state index in [9.17, 15) is 8.42 Å². The molecule has 3 rings (SSSR count). The predicted octanol–water partition coefficient (Wildman–Crippen LogP) is 4.64. The summed E-state index contributed by atoms with van der Waals surface area (Å²) in [6.07, 6.45) is 3.23. The second kappa shape index (κ2) is 10.1. The molecule has 28 heavy (non-hydrogen) atoms. The van der Waals surface area contributed by atoms with Gasteiger partial charge in [0.05, 0.1) is 18.1 Å². The first-order valence-electron chi connectivity index (χ1n) is 8.94. The number of halogens is 1. The molecule has 0 amide bonds. The van der Waals surface area contributed by atoms with Gasteiger partial charge in [-0.15, -0.1) is 11.8 Å². The lowest BCUT2D eigenvalue weighted by Gasteiger charge is -2.02. The van der Waals surface area contributed by atoms with Gasteiger partial charge in [0.2, 0.25) is 0 Å². The van der Waals surface area contributed by atoms with Crippen LogP contribution in [0.4, 0.5) is 0 Å². The van der Waals surface area contributed by atoms with Crippen LogP contribution in [0.25, 0.3) is 0 Å². The summed E-state index contributed by atoms with van der Waals surface area (Å²) >= 11 is 1.85. The molecule has 0 spiro atoms. The molecule has 0 saturated heterocycles. The van der Waals surface area contributed by atoms with Gasteiger partial charge < -0.3 is 0 Å². The Balaban J connectivity index is 0.000000209. The maximum atomic E-state index is 10.9. The Bertz CT molecular complexity index is 998. The van der Waals surface area contributed by atoms with Crippen molar-refractivity contribution < 1.29 is 8.42 Å². The fourth-order valence-electron chi connectivity index (χ4n) is 2.61. The third-order valence-electron chi connectivity index (χ3n) is 4.22. The first kappa shape index (κ1) is 22.5. The molecule has 0 bridgehead atoms. The highest BCUT2D eigenvalue weighted by Gasteiger charge is 2.17. The van der Waals surface area contributed by atoms with Gasteiger partial charge in [-0.25, -0.2) is 8.42 Å². The van der Waals surface area contributed by atoms with Crippen molar-refractivity contribution in [2.24, 2.45) is 0 Å². The SMILES string of the molecule is CCn1ncc(S(=O)(=O)Cl)c1C.CCn1ncc(SCc2ccccc2)c1C. The molecular formula is C19H25ClN4O2S2. The Morgan fingerprint density at radius 3 is 2.00 bits per heavy atom. The number of rotatable bonds is 6. The molecule has 152 valence electrons. The molecule has 0 atom stereocenters. The Morgan fingerprint density at radius 2 is 1.54 bits per heavy atom. The van der Waals surface area contributed by atoms with Crippen LogP contribution in [-0.2, 0) is 27.9 Å². The largest absolute Gasteiger partial charge is 0.269 e. The van der Waals surface area contributed by atoms with Gasteiger partial charge in [0, 0.05) is 40.1 Å². The zero-order chi connectivity index (χ0) is 20.7. The van der Waals surface area contributed by atoms with Crippen molar-refractivity contribution in [2.45, 2.75) is 56.3 Å². The Morgan fingerprint density at radius 1 is 0.964 bits per heavy atom. The van der Waals surface area contributed by atoms with Gasteiger partial charge in [0.1, 0.15) is 4.90 Å². The Hall–Kier alpha value is -1.77. The molecule has 1 aromatic carbocycles. The van der Waals surface area contributed by atoms with Crippen molar-refractivity contribution in [1.29, 1.82) is 0 Å². The number of aromatic nitrogens is 4. The zero-order valence-corrected chi connectivity index (χ0v) is 18.9. The smallest absolute Gasteiger partial charge is 0.264 e. The molecule has 0 unspecified atom stereocenters. The van der Waals surface area contributed by atoms with E-state index in [-0.39, 0.29) is 4.90 Å². The van der Waals surface area contributed by atoms with Gasteiger partial charge in [-0.05, 0) is 33.3 Å². The van der Waals surface area contributed by atoms with Crippen LogP contribution in [0, 0.1) is 13.8 Å². The fourth-order valence-corrected chi connectivity index (χ4v) is 4.65. The van der Waals surface area contributed by atoms with Crippen LogP contribution in [0.2, 0.25) is 0 Å². The van der Waals surface area contributed by atoms with E-state index in [2.05, 4.69) is 54.4 Å². The number of benzene rings is 1. The van der Waals surface area contributed by atoms with Crippen molar-refractivity contribution in [3.8, 4) is 0 Å². The summed E-state index contributed by atoms with van der Waals surface area (Å²) in [4.78, 5) is 1.37. The highest BCUT2D eigenvalue weighted by molar-refractivity contribution is 8.13. The average Bonchev–Trinajstić information content (AvgIpc) is 3.23. The molecule has 2 aromatic heterocycles. The summed E-state index contributed by atoms with van der Waals surface area (Å²) < 4.78 is 25.4. The third-order valence-corrected chi connectivity index (χ3v) is 6.83. The van der Waals surface area contributed by atoms with Crippen LogP contribution < -0.4 is 0 Å². The molecule has 0 aliphatic heterocycles. The van der Waals surface area contributed by atoms with E-state index in [1.54, 1.807) is 11.6 Å². The second-order valence-electron chi connectivity index (χ2n) is 6.03. The summed E-state index contributed by atoms with van der Waals surface area (Å²) in [7, 11) is 1.52. The second-order valence-corrected chi connectivity index (χ2v) is 9.58. The average molecular weight is 441 g/mol. The summed E-state index contributed by atoms with van der Waals surface area (Å²) in [6, 6.07) is 10.5. The molecule has 0 radical (unpaired) electrons. The Kier molecular flexibility index (Phi) is 8.15. The number of thioether (sulfide) groups is 1. The molecule has 0 aliphatic carbocycles. The lowest BCUT2D eigenvalue weighted by molar-refractivity contribution is 0.606. The standard InChI is InChI=1S/C13H16N2S.C6H9ClN2O2S/c1-3-15-11(2)13(9-14-15)16-10-12-7-5-4-6-8-12;1-3-9-5(2)6(4-8-9)12(7,10)11/h4-9H,3,10H2,1-2H3;4H,3H2,1-2H3. The van der Waals surface area contributed by atoms with Crippen molar-refractivity contribution in [2.75, 3.05) is 0 Å². The molecule has 0 N–H and O–H groups in total. The topological polar surface area (TPSA) is 69.8 Å². The van der Waals surface area contributed by atoms with E-state index in [1.165, 1.54) is 22.3 Å². The number of hydrogen-bond acceptors (Lipinski definition) is 5. The first-order valence-corrected chi connectivity index (χ1v) is 12.2. The minimum atomic E-state index is -3.63. The van der Waals surface area contributed by atoms with E-state index in [0.717, 1.165) is 12.3 Å². The highest BCUT2D eigenvalue weighted by atomic mass is 35.7. The molecule has 3 aromatic rings. The molecule has 2 heterocycles. The molecular weight excluding hydrogens is 416 g/mol. The molecule has 0 fully saturated rings. The number of nitrogens with zero attached hydrogens (tertiary/aromatic N) is 4. The molecule has 0 saturated carbocycles. The normalized spacial score (nSPS) is 11.2. The molecule has 9 heteroatoms. The lowest BCUT2D eigenvalue weighted by atomic mass is 10.2. The fraction of sp³-hybridized carbons (Fsp3) is 0.368. The summed E-state index contributed by atoms with van der Waals surface area (Å²) in [5, 5.41) is 8.20. The quantitative estimate of drug-likeness (QED) is 0.412. The van der Waals surface area contributed by atoms with Gasteiger partial charge in [-0.1, -0.05) is 30.3 Å². The summed E-state index contributed by atoms with van der Waals surface area (Å²) in [6.45, 7) is 9.38. The minimum Gasteiger partial charge on any atom is -0.269 e. The van der Waals surface area contributed by atoms with E-state index >= 15 is 0 Å². The molecule has 6 nitrogen and oxygen atoms in total. The zero-order valence-electron chi connectivity index (χ0n) is 16.5. The maximum absolute atomic E-state index is 10.9. The highest BCUT2D eigenvalue weighted by Crippen LogP contribution is 2.25. The summed E-state index contributed by atoms with van der Waals surface area (Å²) in [5.41, 5.74) is 3.20. The Labute approximate surface area is 175 Å². The molecule has 0 aliphatic rings. The number of hydrogen-bond donors (Lipinski definition) is 0. The van der Waals surface area contributed by atoms with Crippen LogP contribution in [0.3, 0.4) is 0 Å². The summed E-state index contributed by atoms with van der Waals surface area (Å²) in [5.74, 6) is 1.01. The maximum Gasteiger partial charge on any atom is 0.264 e. The third kappa shape index (κ3) is 5.86. The van der Waals surface area contributed by atoms with Crippen LogP contribution in [0.5, 0.6) is 0 Å². The van der Waals surface area contributed by atoms with E-state index in [4.69, 9.17) is 10.7 Å². The van der Waals surface area contributed by atoms with Gasteiger partial charge >= 0.3 is 0 Å². The van der Waals surface area contributed by atoms with Gasteiger partial charge in [0.25, 0.3) is 9.05 Å². The van der Waals surface area contributed by atoms with Crippen LogP contribution in [-0.4, -0.2) is 28.0 Å². The van der Waals surface area contributed by atoms with E-state index in [1.807, 2.05) is 29.6 Å². The van der Waals surface area contributed by atoms with Crippen molar-refractivity contribution in [3.63, 3.8) is 0 Å². The van der Waals surface area contributed by atoms with Crippen LogP contribution in [0.15, 0.2) is 52.5 Å². The monoisotopic (exact) mass is 440 g/mol. The van der Waals surface area contributed by atoms with Crippen molar-refractivity contribution >= 4 is 31.5 Å². The van der Waals surface area contributed by atoms with Crippen LogP contribution >= 0.6 is 22.4 Å². The van der Waals surface area contributed by atoms with Crippen LogP contribution in [0.1, 0.15) is 30.8 Å². The van der Waals surface area contributed by atoms with Crippen molar-refractivity contribution in [3.05, 3.63) is 59.7 Å². The number of aryl methyl sites for hydroxylation is 2. The van der Waals surface area contributed by atoms with Gasteiger partial charge in [-0.2, -0.15) is 10.2 Å². The lowest BCUT2D eigenvalue weighted by Crippen LogP contribution is -2.00. The van der Waals surface area contributed by atoms with Crippen molar-refractivity contribution in [1.82, 2.24) is 19.6 Å². The van der Waals surface area contributed by atoms with E-state index in [0.29, 0.717) is 12.2 Å². The first-order chi connectivity index (χ1) is 13.3. The van der Waals surface area contributed by atoms with E-state index < -0.39 is 9.05 Å². The minimum absolute atomic E-state index is 0.0889. The van der Waals surface area contributed by atoms with Gasteiger partial charge in [0.15, 0.2) is 0 Å². The van der Waals surface area contributed by atoms with Gasteiger partial charge in [-0.3, -0.25) is 9.36 Å².